The fourth-order valence-electron chi connectivity index (χ4n) is 11.8. The fraction of sp³-hybridized carbons (Fsp3) is 0.947. The zero-order chi connectivity index (χ0) is 69.7. The van der Waals surface area contributed by atoms with Crippen molar-refractivity contribution in [1.82, 2.24) is 0 Å². The number of esters is 4. The molecule has 0 bridgehead atoms. The summed E-state index contributed by atoms with van der Waals surface area (Å²) < 4.78 is 68.3. The molecular formula is C76H148O17P2. The van der Waals surface area contributed by atoms with E-state index in [9.17, 15) is 43.2 Å². The van der Waals surface area contributed by atoms with Crippen LogP contribution >= 0.6 is 15.6 Å². The number of phosphoric ester groups is 2. The van der Waals surface area contributed by atoms with E-state index in [1.54, 1.807) is 0 Å². The number of carbonyl (C=O) groups is 4. The van der Waals surface area contributed by atoms with E-state index in [1.807, 2.05) is 0 Å². The number of hydrogen-bond donors (Lipinski definition) is 3. The van der Waals surface area contributed by atoms with Gasteiger partial charge >= 0.3 is 39.5 Å². The molecule has 0 aliphatic heterocycles. The lowest BCUT2D eigenvalue weighted by Crippen LogP contribution is -2.30. The standard InChI is InChI=1S/C76H148O17P2/c1-5-9-13-17-20-23-26-29-31-33-35-36-38-40-42-45-48-51-55-59-63-76(81)93-72(67-87-74(79)61-57-53-49-46-44-41-39-37-34-32-30-27-24-21-18-14-10-6-2)69-91-95(84,85)89-65-70(77)64-88-94(82,83)90-68-71(66-86-73(78)60-56-52-16-12-8-4)92-75(80)62-58-54-50-47-43-28-25-22-19-15-11-7-3/h70-72,77H,5-69H2,1-4H3,(H,82,83)(H,84,85)/t70-,71+,72+/m0/s1. The SMILES string of the molecule is CCCCCCCCCCCCCCCCCCCCCCC(=O)O[C@H](COC(=O)CCCCCCCCCCCCCCCCCCCC)COP(=O)(O)OC[C@@H](O)COP(=O)(O)OC[C@@H](COC(=O)CCCCCCC)OC(=O)CCCCCCCCCCCCCC. The first-order valence-corrected chi connectivity index (χ1v) is 42.8. The molecule has 5 atom stereocenters. The van der Waals surface area contributed by atoms with Crippen molar-refractivity contribution in [3.63, 3.8) is 0 Å². The van der Waals surface area contributed by atoms with Gasteiger partial charge < -0.3 is 33.8 Å². The Labute approximate surface area is 581 Å². The predicted octanol–water partition coefficient (Wildman–Crippen LogP) is 22.6. The maximum atomic E-state index is 13.1. The minimum absolute atomic E-state index is 0.107. The lowest BCUT2D eigenvalue weighted by atomic mass is 10.0. The molecule has 564 valence electrons. The summed E-state index contributed by atoms with van der Waals surface area (Å²) in [6.07, 6.45) is 61.5. The highest BCUT2D eigenvalue weighted by Crippen LogP contribution is 2.45. The first-order valence-electron chi connectivity index (χ1n) is 39.8. The highest BCUT2D eigenvalue weighted by Gasteiger charge is 2.30. The van der Waals surface area contributed by atoms with Gasteiger partial charge in [-0.05, 0) is 25.7 Å². The Morgan fingerprint density at radius 3 is 0.621 bits per heavy atom. The quantitative estimate of drug-likeness (QED) is 0.0222. The summed E-state index contributed by atoms with van der Waals surface area (Å²) in [4.78, 5) is 72.5. The van der Waals surface area contributed by atoms with Crippen LogP contribution in [0.15, 0.2) is 0 Å². The largest absolute Gasteiger partial charge is 0.472 e. The second kappa shape index (κ2) is 70.5. The van der Waals surface area contributed by atoms with E-state index in [4.69, 9.17) is 37.0 Å². The molecule has 0 spiro atoms. The Hall–Kier alpha value is -1.94. The van der Waals surface area contributed by atoms with E-state index < -0.39 is 97.5 Å². The number of rotatable bonds is 77. The molecule has 0 aliphatic carbocycles. The molecular weight excluding hydrogens is 1250 g/mol. The Morgan fingerprint density at radius 2 is 0.421 bits per heavy atom. The van der Waals surface area contributed by atoms with E-state index >= 15 is 0 Å². The summed E-state index contributed by atoms with van der Waals surface area (Å²) in [7, 11) is -9.90. The Bertz CT molecular complexity index is 1810. The van der Waals surface area contributed by atoms with Gasteiger partial charge in [0, 0.05) is 25.7 Å². The molecule has 0 radical (unpaired) electrons. The van der Waals surface area contributed by atoms with Crippen LogP contribution in [0.25, 0.3) is 0 Å². The minimum Gasteiger partial charge on any atom is -0.462 e. The van der Waals surface area contributed by atoms with Crippen molar-refractivity contribution in [1.29, 1.82) is 0 Å². The molecule has 0 saturated carbocycles. The second-order valence-corrected chi connectivity index (χ2v) is 30.3. The van der Waals surface area contributed by atoms with Crippen LogP contribution in [-0.4, -0.2) is 96.7 Å². The molecule has 0 aromatic rings. The number of ether oxygens (including phenoxy) is 4. The molecule has 19 heteroatoms. The number of aliphatic hydroxyl groups excluding tert-OH is 1. The maximum absolute atomic E-state index is 13.1. The molecule has 0 aromatic heterocycles. The average molecular weight is 1400 g/mol. The maximum Gasteiger partial charge on any atom is 0.472 e. The van der Waals surface area contributed by atoms with Gasteiger partial charge in [-0.2, -0.15) is 0 Å². The van der Waals surface area contributed by atoms with Crippen LogP contribution in [0, 0.1) is 0 Å². The number of carbonyl (C=O) groups excluding carboxylic acids is 4. The summed E-state index contributed by atoms with van der Waals surface area (Å²) in [5.74, 6) is -2.12. The smallest absolute Gasteiger partial charge is 0.462 e. The highest BCUT2D eigenvalue weighted by molar-refractivity contribution is 7.47. The third kappa shape index (κ3) is 70.3. The van der Waals surface area contributed by atoms with Gasteiger partial charge in [-0.15, -0.1) is 0 Å². The van der Waals surface area contributed by atoms with E-state index in [0.717, 1.165) is 96.3 Å². The summed E-state index contributed by atoms with van der Waals surface area (Å²) >= 11 is 0. The van der Waals surface area contributed by atoms with Gasteiger partial charge in [-0.1, -0.05) is 355 Å². The lowest BCUT2D eigenvalue weighted by Gasteiger charge is -2.21. The van der Waals surface area contributed by atoms with Crippen molar-refractivity contribution < 1.29 is 80.2 Å². The van der Waals surface area contributed by atoms with Crippen LogP contribution in [0.2, 0.25) is 0 Å². The number of unbranched alkanes of at least 4 members (excludes halogenated alkanes) is 51. The summed E-state index contributed by atoms with van der Waals surface area (Å²) in [6.45, 7) is 4.90. The molecule has 0 aromatic carbocycles. The van der Waals surface area contributed by atoms with Crippen LogP contribution in [0.4, 0.5) is 0 Å². The van der Waals surface area contributed by atoms with Crippen molar-refractivity contribution >= 4 is 39.5 Å². The van der Waals surface area contributed by atoms with Crippen molar-refractivity contribution in [2.24, 2.45) is 0 Å². The monoisotopic (exact) mass is 1400 g/mol. The Morgan fingerprint density at radius 1 is 0.253 bits per heavy atom. The van der Waals surface area contributed by atoms with Crippen LogP contribution < -0.4 is 0 Å². The average Bonchev–Trinajstić information content (AvgIpc) is 2.41. The first-order chi connectivity index (χ1) is 46.2. The second-order valence-electron chi connectivity index (χ2n) is 27.4. The van der Waals surface area contributed by atoms with Crippen molar-refractivity contribution in [2.45, 2.75) is 425 Å². The van der Waals surface area contributed by atoms with Crippen molar-refractivity contribution in [3.8, 4) is 0 Å². The molecule has 17 nitrogen and oxygen atoms in total. The number of aliphatic hydroxyl groups is 1. The van der Waals surface area contributed by atoms with Gasteiger partial charge in [0.05, 0.1) is 26.4 Å². The third-order valence-corrected chi connectivity index (χ3v) is 19.8. The highest BCUT2D eigenvalue weighted by atomic mass is 31.2. The fourth-order valence-corrected chi connectivity index (χ4v) is 13.3. The van der Waals surface area contributed by atoms with Gasteiger partial charge in [0.25, 0.3) is 0 Å². The van der Waals surface area contributed by atoms with Gasteiger partial charge in [0.1, 0.15) is 19.3 Å². The van der Waals surface area contributed by atoms with Gasteiger partial charge in [-0.3, -0.25) is 37.3 Å². The molecule has 2 unspecified atom stereocenters. The van der Waals surface area contributed by atoms with Gasteiger partial charge in [0.15, 0.2) is 12.2 Å². The normalized spacial score (nSPS) is 13.9. The Balaban J connectivity index is 5.12. The van der Waals surface area contributed by atoms with Crippen LogP contribution in [-0.2, 0) is 65.4 Å². The summed E-state index contributed by atoms with van der Waals surface area (Å²) in [6, 6.07) is 0. The van der Waals surface area contributed by atoms with Crippen molar-refractivity contribution in [3.05, 3.63) is 0 Å². The van der Waals surface area contributed by atoms with Crippen LogP contribution in [0.5, 0.6) is 0 Å². The summed E-state index contributed by atoms with van der Waals surface area (Å²) in [5, 5.41) is 10.6. The van der Waals surface area contributed by atoms with E-state index in [1.165, 1.54) is 231 Å². The Kier molecular flexibility index (Phi) is 69.1. The van der Waals surface area contributed by atoms with E-state index in [0.29, 0.717) is 25.7 Å². The zero-order valence-electron chi connectivity index (χ0n) is 61.6. The topological polar surface area (TPSA) is 237 Å². The van der Waals surface area contributed by atoms with Gasteiger partial charge in [-0.25, -0.2) is 9.13 Å². The molecule has 0 amide bonds. The number of hydrogen-bond acceptors (Lipinski definition) is 15. The van der Waals surface area contributed by atoms with Crippen LogP contribution in [0.3, 0.4) is 0 Å². The lowest BCUT2D eigenvalue weighted by molar-refractivity contribution is -0.161. The van der Waals surface area contributed by atoms with Crippen LogP contribution in [0.1, 0.15) is 407 Å². The first kappa shape index (κ1) is 93.1. The zero-order valence-corrected chi connectivity index (χ0v) is 63.4. The molecule has 95 heavy (non-hydrogen) atoms. The van der Waals surface area contributed by atoms with E-state index in [-0.39, 0.29) is 25.7 Å². The predicted molar refractivity (Wildman–Crippen MR) is 386 cm³/mol. The van der Waals surface area contributed by atoms with Crippen molar-refractivity contribution in [2.75, 3.05) is 39.6 Å². The summed E-state index contributed by atoms with van der Waals surface area (Å²) in [5.41, 5.74) is 0. The molecule has 0 fully saturated rings. The molecule has 0 heterocycles. The molecule has 3 N–H and O–H groups in total. The van der Waals surface area contributed by atoms with Gasteiger partial charge in [0.2, 0.25) is 0 Å². The molecule has 0 saturated heterocycles. The third-order valence-electron chi connectivity index (χ3n) is 17.9. The minimum atomic E-state index is -4.95. The molecule has 0 rings (SSSR count). The van der Waals surface area contributed by atoms with E-state index in [2.05, 4.69) is 27.7 Å². The molecule has 0 aliphatic rings. The number of phosphoric acid groups is 2.